The van der Waals surface area contributed by atoms with Gasteiger partial charge in [0.05, 0.1) is 11.9 Å². The van der Waals surface area contributed by atoms with Crippen molar-refractivity contribution in [3.8, 4) is 0 Å². The van der Waals surface area contributed by atoms with E-state index >= 15 is 0 Å². The molecule has 0 aliphatic carbocycles. The van der Waals surface area contributed by atoms with Crippen LogP contribution in [0, 0.1) is 11.7 Å². The monoisotopic (exact) mass is 320 g/mol. The zero-order chi connectivity index (χ0) is 14.8. The molecule has 0 aromatic heterocycles. The zero-order valence-corrected chi connectivity index (χ0v) is 12.8. The summed E-state index contributed by atoms with van der Waals surface area (Å²) in [5.74, 6) is -0.179. The van der Waals surface area contributed by atoms with Crippen molar-refractivity contribution in [2.45, 2.75) is 12.8 Å². The molecule has 7 heteroatoms. The quantitative estimate of drug-likeness (QED) is 0.927. The number of piperidine rings is 1. The first-order valence-corrected chi connectivity index (χ1v) is 8.73. The molecule has 0 radical (unpaired) electrons. The fourth-order valence-electron chi connectivity index (χ4n) is 2.38. The summed E-state index contributed by atoms with van der Waals surface area (Å²) in [4.78, 5) is 0. The van der Waals surface area contributed by atoms with E-state index in [9.17, 15) is 12.8 Å². The molecule has 0 amide bonds. The van der Waals surface area contributed by atoms with E-state index in [-0.39, 0.29) is 11.7 Å². The Morgan fingerprint density at radius 1 is 1.50 bits per heavy atom. The molecule has 20 heavy (non-hydrogen) atoms. The van der Waals surface area contributed by atoms with Crippen LogP contribution >= 0.6 is 11.6 Å². The van der Waals surface area contributed by atoms with Crippen LogP contribution in [-0.4, -0.2) is 38.6 Å². The van der Waals surface area contributed by atoms with E-state index < -0.39 is 10.0 Å². The molecule has 1 N–H and O–H groups in total. The van der Waals surface area contributed by atoms with Crippen molar-refractivity contribution >= 4 is 27.3 Å². The van der Waals surface area contributed by atoms with Gasteiger partial charge in [-0.1, -0.05) is 11.6 Å². The summed E-state index contributed by atoms with van der Waals surface area (Å²) in [6.07, 6.45) is 2.98. The van der Waals surface area contributed by atoms with Crippen LogP contribution in [0.5, 0.6) is 0 Å². The lowest BCUT2D eigenvalue weighted by Gasteiger charge is -2.31. The summed E-state index contributed by atoms with van der Waals surface area (Å²) < 4.78 is 38.1. The number of hydrogen-bond acceptors (Lipinski definition) is 3. The predicted octanol–water partition coefficient (Wildman–Crippen LogP) is 2.56. The first-order valence-electron chi connectivity index (χ1n) is 6.50. The van der Waals surface area contributed by atoms with Gasteiger partial charge in [-0.15, -0.1) is 0 Å². The number of benzene rings is 1. The van der Waals surface area contributed by atoms with Gasteiger partial charge in [-0.05, 0) is 37.0 Å². The molecular formula is C13H18ClFN2O2S. The zero-order valence-electron chi connectivity index (χ0n) is 11.3. The molecular weight excluding hydrogens is 303 g/mol. The van der Waals surface area contributed by atoms with E-state index in [1.54, 1.807) is 0 Å². The smallest absolute Gasteiger partial charge is 0.211 e. The largest absolute Gasteiger partial charge is 0.382 e. The highest BCUT2D eigenvalue weighted by atomic mass is 35.5. The number of nitrogens with one attached hydrogen (secondary N) is 1. The molecule has 1 aliphatic heterocycles. The van der Waals surface area contributed by atoms with Crippen molar-refractivity contribution in [1.29, 1.82) is 0 Å². The van der Waals surface area contributed by atoms with Gasteiger partial charge in [0.15, 0.2) is 0 Å². The van der Waals surface area contributed by atoms with Crippen molar-refractivity contribution in [2.24, 2.45) is 5.92 Å². The molecule has 1 unspecified atom stereocenters. The Labute approximate surface area is 124 Å². The van der Waals surface area contributed by atoms with Crippen molar-refractivity contribution in [3.05, 3.63) is 29.0 Å². The number of rotatable bonds is 4. The van der Waals surface area contributed by atoms with E-state index in [0.717, 1.165) is 12.8 Å². The first-order chi connectivity index (χ1) is 9.36. The maximum atomic E-state index is 13.6. The van der Waals surface area contributed by atoms with Crippen molar-refractivity contribution in [3.63, 3.8) is 0 Å². The third-order valence-electron chi connectivity index (χ3n) is 3.46. The van der Waals surface area contributed by atoms with Gasteiger partial charge in [-0.2, -0.15) is 0 Å². The molecule has 1 atom stereocenters. The lowest BCUT2D eigenvalue weighted by Crippen LogP contribution is -2.41. The second-order valence-corrected chi connectivity index (χ2v) is 7.55. The average molecular weight is 321 g/mol. The number of hydrogen-bond donors (Lipinski definition) is 1. The summed E-state index contributed by atoms with van der Waals surface area (Å²) in [6, 6.07) is 4.34. The van der Waals surface area contributed by atoms with Crippen LogP contribution in [0.1, 0.15) is 12.8 Å². The van der Waals surface area contributed by atoms with Gasteiger partial charge in [0, 0.05) is 24.7 Å². The van der Waals surface area contributed by atoms with Crippen LogP contribution in [0.15, 0.2) is 18.2 Å². The van der Waals surface area contributed by atoms with Gasteiger partial charge in [0.25, 0.3) is 0 Å². The summed E-state index contributed by atoms with van der Waals surface area (Å²) in [5.41, 5.74) is 0.356. The first kappa shape index (κ1) is 15.5. The predicted molar refractivity (Wildman–Crippen MR) is 79.0 cm³/mol. The Morgan fingerprint density at radius 3 is 2.95 bits per heavy atom. The fraction of sp³-hybridized carbons (Fsp3) is 0.538. The molecule has 1 saturated heterocycles. The molecule has 4 nitrogen and oxygen atoms in total. The van der Waals surface area contributed by atoms with E-state index in [2.05, 4.69) is 5.32 Å². The summed E-state index contributed by atoms with van der Waals surface area (Å²) in [7, 11) is -3.15. The van der Waals surface area contributed by atoms with E-state index in [1.807, 2.05) is 0 Å². The summed E-state index contributed by atoms with van der Waals surface area (Å²) in [6.45, 7) is 1.58. The molecule has 0 saturated carbocycles. The SMILES string of the molecule is CS(=O)(=O)N1CCCC(CNc2cc(Cl)ccc2F)C1. The Morgan fingerprint density at radius 2 is 2.25 bits per heavy atom. The minimum Gasteiger partial charge on any atom is -0.382 e. The molecule has 1 aliphatic rings. The van der Waals surface area contributed by atoms with Crippen LogP contribution in [0.4, 0.5) is 10.1 Å². The van der Waals surface area contributed by atoms with Crippen molar-refractivity contribution in [2.75, 3.05) is 31.2 Å². The topological polar surface area (TPSA) is 49.4 Å². The highest BCUT2D eigenvalue weighted by Crippen LogP contribution is 2.22. The van der Waals surface area contributed by atoms with Crippen molar-refractivity contribution < 1.29 is 12.8 Å². The third-order valence-corrected chi connectivity index (χ3v) is 4.97. The molecule has 1 fully saturated rings. The van der Waals surface area contributed by atoms with Crippen LogP contribution in [0.2, 0.25) is 5.02 Å². The fourth-order valence-corrected chi connectivity index (χ4v) is 3.50. The third kappa shape index (κ3) is 4.07. The number of halogens is 2. The number of nitrogens with zero attached hydrogens (tertiary/aromatic N) is 1. The summed E-state index contributed by atoms with van der Waals surface area (Å²) >= 11 is 5.83. The van der Waals surface area contributed by atoms with Gasteiger partial charge in [0.2, 0.25) is 10.0 Å². The Hall–Kier alpha value is -0.850. The maximum Gasteiger partial charge on any atom is 0.211 e. The standard InChI is InChI=1S/C13H18ClFN2O2S/c1-20(18,19)17-6-2-3-10(9-17)8-16-13-7-11(14)4-5-12(13)15/h4-5,7,10,16H,2-3,6,8-9H2,1H3. The van der Waals surface area contributed by atoms with E-state index in [1.165, 1.54) is 28.8 Å². The van der Waals surface area contributed by atoms with Crippen LogP contribution in [0.3, 0.4) is 0 Å². The maximum absolute atomic E-state index is 13.6. The molecule has 0 spiro atoms. The molecule has 2 rings (SSSR count). The second kappa shape index (κ2) is 6.28. The van der Waals surface area contributed by atoms with Gasteiger partial charge in [0.1, 0.15) is 5.82 Å². The second-order valence-electron chi connectivity index (χ2n) is 5.13. The number of sulfonamides is 1. The van der Waals surface area contributed by atoms with Gasteiger partial charge >= 0.3 is 0 Å². The lowest BCUT2D eigenvalue weighted by molar-refractivity contribution is 0.276. The Kier molecular flexibility index (Phi) is 4.88. The highest BCUT2D eigenvalue weighted by Gasteiger charge is 2.25. The normalized spacial score (nSPS) is 20.9. The Bertz CT molecular complexity index is 580. The molecule has 1 aromatic rings. The molecule has 112 valence electrons. The lowest BCUT2D eigenvalue weighted by atomic mass is 9.99. The van der Waals surface area contributed by atoms with Crippen LogP contribution in [0.25, 0.3) is 0 Å². The minimum atomic E-state index is -3.15. The van der Waals surface area contributed by atoms with Crippen molar-refractivity contribution in [1.82, 2.24) is 4.31 Å². The minimum absolute atomic E-state index is 0.178. The van der Waals surface area contributed by atoms with Crippen LogP contribution < -0.4 is 5.32 Å². The molecule has 0 bridgehead atoms. The van der Waals surface area contributed by atoms with Gasteiger partial charge in [-0.3, -0.25) is 0 Å². The van der Waals surface area contributed by atoms with Gasteiger partial charge < -0.3 is 5.32 Å². The van der Waals surface area contributed by atoms with E-state index in [0.29, 0.717) is 30.3 Å². The highest BCUT2D eigenvalue weighted by molar-refractivity contribution is 7.88. The number of anilines is 1. The van der Waals surface area contributed by atoms with E-state index in [4.69, 9.17) is 11.6 Å². The molecule has 1 aromatic carbocycles. The molecule has 1 heterocycles. The van der Waals surface area contributed by atoms with Gasteiger partial charge in [-0.25, -0.2) is 17.1 Å². The Balaban J connectivity index is 1.95. The summed E-state index contributed by atoms with van der Waals surface area (Å²) in [5, 5.41) is 3.48. The average Bonchev–Trinajstić information content (AvgIpc) is 2.39. The van der Waals surface area contributed by atoms with Crippen LogP contribution in [-0.2, 0) is 10.0 Å².